The highest BCUT2D eigenvalue weighted by Gasteiger charge is 2.14. The van der Waals surface area contributed by atoms with Crippen LogP contribution in [0, 0.1) is 0 Å². The maximum atomic E-state index is 9.47. The standard InChI is InChI=1S/C7H12N2OS3/c1-7(2,10)4-12-6-9-8-5(11-3)13-6/h10H,4H2,1-3H3. The molecule has 0 aliphatic rings. The Morgan fingerprint density at radius 1 is 1.38 bits per heavy atom. The molecule has 0 fully saturated rings. The maximum Gasteiger partial charge on any atom is 0.175 e. The van der Waals surface area contributed by atoms with Gasteiger partial charge in [0.1, 0.15) is 0 Å². The molecule has 6 heteroatoms. The molecule has 1 aromatic heterocycles. The van der Waals surface area contributed by atoms with Crippen LogP contribution < -0.4 is 0 Å². The minimum Gasteiger partial charge on any atom is -0.390 e. The van der Waals surface area contributed by atoms with E-state index < -0.39 is 5.60 Å². The van der Waals surface area contributed by atoms with Crippen molar-refractivity contribution >= 4 is 34.9 Å². The molecule has 0 bridgehead atoms. The third kappa shape index (κ3) is 4.30. The average Bonchev–Trinajstić information content (AvgIpc) is 2.47. The Labute approximate surface area is 90.3 Å². The molecule has 0 aliphatic heterocycles. The predicted octanol–water partition coefficient (Wildman–Crippen LogP) is 2.12. The highest BCUT2D eigenvalue weighted by atomic mass is 32.2. The lowest BCUT2D eigenvalue weighted by Gasteiger charge is -2.14. The van der Waals surface area contributed by atoms with Gasteiger partial charge in [-0.05, 0) is 20.1 Å². The Hall–Kier alpha value is 0.220. The number of hydrogen-bond donors (Lipinski definition) is 1. The third-order valence-electron chi connectivity index (χ3n) is 1.11. The predicted molar refractivity (Wildman–Crippen MR) is 58.7 cm³/mol. The van der Waals surface area contributed by atoms with Crippen LogP contribution in [0.5, 0.6) is 0 Å². The zero-order valence-electron chi connectivity index (χ0n) is 7.77. The summed E-state index contributed by atoms with van der Waals surface area (Å²) >= 11 is 4.70. The molecule has 0 atom stereocenters. The summed E-state index contributed by atoms with van der Waals surface area (Å²) in [6.45, 7) is 3.58. The lowest BCUT2D eigenvalue weighted by atomic mass is 10.2. The fourth-order valence-corrected chi connectivity index (χ4v) is 2.96. The Bertz CT molecular complexity index is 269. The second-order valence-corrected chi connectivity index (χ2v) is 6.39. The van der Waals surface area contributed by atoms with Crippen molar-refractivity contribution in [1.82, 2.24) is 10.2 Å². The zero-order valence-corrected chi connectivity index (χ0v) is 10.2. The van der Waals surface area contributed by atoms with Gasteiger partial charge in [0.25, 0.3) is 0 Å². The maximum absolute atomic E-state index is 9.47. The van der Waals surface area contributed by atoms with Crippen molar-refractivity contribution in [3.8, 4) is 0 Å². The van der Waals surface area contributed by atoms with E-state index >= 15 is 0 Å². The second-order valence-electron chi connectivity index (χ2n) is 3.14. The Morgan fingerprint density at radius 3 is 2.46 bits per heavy atom. The summed E-state index contributed by atoms with van der Waals surface area (Å²) in [5.74, 6) is 0.649. The number of aromatic nitrogens is 2. The van der Waals surface area contributed by atoms with Crippen LogP contribution in [0.15, 0.2) is 8.68 Å². The van der Waals surface area contributed by atoms with Crippen molar-refractivity contribution in [2.45, 2.75) is 28.1 Å². The van der Waals surface area contributed by atoms with Gasteiger partial charge < -0.3 is 5.11 Å². The van der Waals surface area contributed by atoms with Gasteiger partial charge in [0.05, 0.1) is 5.60 Å². The van der Waals surface area contributed by atoms with E-state index in [1.54, 1.807) is 48.7 Å². The summed E-state index contributed by atoms with van der Waals surface area (Å²) in [6, 6.07) is 0. The first kappa shape index (κ1) is 11.3. The van der Waals surface area contributed by atoms with Crippen LogP contribution in [0.3, 0.4) is 0 Å². The van der Waals surface area contributed by atoms with Crippen LogP contribution >= 0.6 is 34.9 Å². The molecule has 0 amide bonds. The largest absolute Gasteiger partial charge is 0.390 e. The highest BCUT2D eigenvalue weighted by molar-refractivity contribution is 8.03. The molecular weight excluding hydrogens is 224 g/mol. The van der Waals surface area contributed by atoms with Crippen molar-refractivity contribution in [1.29, 1.82) is 0 Å². The van der Waals surface area contributed by atoms with Gasteiger partial charge in [0, 0.05) is 5.75 Å². The average molecular weight is 236 g/mol. The van der Waals surface area contributed by atoms with Crippen molar-refractivity contribution in [3.05, 3.63) is 0 Å². The zero-order chi connectivity index (χ0) is 9.90. The monoisotopic (exact) mass is 236 g/mol. The smallest absolute Gasteiger partial charge is 0.175 e. The van der Waals surface area contributed by atoms with Crippen LogP contribution in [0.4, 0.5) is 0 Å². The first-order valence-corrected chi connectivity index (χ1v) is 6.76. The van der Waals surface area contributed by atoms with Crippen molar-refractivity contribution in [3.63, 3.8) is 0 Å². The minimum absolute atomic E-state index is 0.643. The van der Waals surface area contributed by atoms with Crippen molar-refractivity contribution in [2.24, 2.45) is 0 Å². The fraction of sp³-hybridized carbons (Fsp3) is 0.714. The van der Waals surface area contributed by atoms with E-state index in [1.807, 2.05) is 6.26 Å². The lowest BCUT2D eigenvalue weighted by molar-refractivity contribution is 0.107. The van der Waals surface area contributed by atoms with Crippen LogP contribution in [-0.2, 0) is 0 Å². The Morgan fingerprint density at radius 2 is 2.00 bits per heavy atom. The number of nitrogens with zero attached hydrogens (tertiary/aromatic N) is 2. The van der Waals surface area contributed by atoms with Crippen LogP contribution in [-0.4, -0.2) is 32.9 Å². The molecule has 13 heavy (non-hydrogen) atoms. The lowest BCUT2D eigenvalue weighted by Crippen LogP contribution is -2.21. The normalized spacial score (nSPS) is 12.0. The summed E-state index contributed by atoms with van der Waals surface area (Å²) in [5.41, 5.74) is -0.643. The summed E-state index contributed by atoms with van der Waals surface area (Å²) in [7, 11) is 0. The molecule has 0 saturated carbocycles. The van der Waals surface area contributed by atoms with E-state index in [2.05, 4.69) is 10.2 Å². The van der Waals surface area contributed by atoms with E-state index in [9.17, 15) is 5.11 Å². The topological polar surface area (TPSA) is 46.0 Å². The third-order valence-corrected chi connectivity index (χ3v) is 4.59. The molecule has 0 aliphatic carbocycles. The van der Waals surface area contributed by atoms with Gasteiger partial charge in [-0.15, -0.1) is 10.2 Å². The quantitative estimate of drug-likeness (QED) is 0.811. The van der Waals surface area contributed by atoms with Gasteiger partial charge in [0.2, 0.25) is 0 Å². The summed E-state index contributed by atoms with van der Waals surface area (Å²) in [6.07, 6.45) is 1.98. The number of hydrogen-bond acceptors (Lipinski definition) is 6. The van der Waals surface area contributed by atoms with E-state index in [0.29, 0.717) is 5.75 Å². The number of rotatable bonds is 4. The van der Waals surface area contributed by atoms with E-state index in [1.165, 1.54) is 0 Å². The minimum atomic E-state index is -0.643. The Balaban J connectivity index is 2.46. The van der Waals surface area contributed by atoms with Gasteiger partial charge in [-0.1, -0.05) is 34.9 Å². The second kappa shape index (κ2) is 4.63. The van der Waals surface area contributed by atoms with Crippen molar-refractivity contribution < 1.29 is 5.11 Å². The van der Waals surface area contributed by atoms with Crippen LogP contribution in [0.25, 0.3) is 0 Å². The number of thioether (sulfide) groups is 2. The van der Waals surface area contributed by atoms with Crippen LogP contribution in [0.1, 0.15) is 13.8 Å². The van der Waals surface area contributed by atoms with Crippen LogP contribution in [0.2, 0.25) is 0 Å². The molecule has 1 heterocycles. The number of aliphatic hydroxyl groups is 1. The van der Waals surface area contributed by atoms with Gasteiger partial charge in [-0.25, -0.2) is 0 Å². The molecular formula is C7H12N2OS3. The molecule has 1 aromatic rings. The van der Waals surface area contributed by atoms with E-state index in [0.717, 1.165) is 8.68 Å². The molecule has 0 unspecified atom stereocenters. The molecule has 74 valence electrons. The van der Waals surface area contributed by atoms with E-state index in [-0.39, 0.29) is 0 Å². The molecule has 0 aromatic carbocycles. The van der Waals surface area contributed by atoms with Gasteiger partial charge in [0.15, 0.2) is 8.68 Å². The molecule has 0 spiro atoms. The van der Waals surface area contributed by atoms with Gasteiger partial charge in [-0.2, -0.15) is 0 Å². The summed E-state index contributed by atoms with van der Waals surface area (Å²) in [5, 5.41) is 17.4. The fourth-order valence-electron chi connectivity index (χ4n) is 0.576. The highest BCUT2D eigenvalue weighted by Crippen LogP contribution is 2.29. The van der Waals surface area contributed by atoms with Crippen molar-refractivity contribution in [2.75, 3.05) is 12.0 Å². The molecule has 0 radical (unpaired) electrons. The van der Waals surface area contributed by atoms with E-state index in [4.69, 9.17) is 0 Å². The first-order valence-electron chi connectivity index (χ1n) is 3.74. The SMILES string of the molecule is CSc1nnc(SCC(C)(C)O)s1. The summed E-state index contributed by atoms with van der Waals surface area (Å²) < 4.78 is 1.89. The van der Waals surface area contributed by atoms with Gasteiger partial charge >= 0.3 is 0 Å². The molecule has 3 nitrogen and oxygen atoms in total. The summed E-state index contributed by atoms with van der Waals surface area (Å²) in [4.78, 5) is 0. The molecule has 0 saturated heterocycles. The Kier molecular flexibility index (Phi) is 4.03. The molecule has 1 rings (SSSR count). The van der Waals surface area contributed by atoms with Gasteiger partial charge in [-0.3, -0.25) is 0 Å². The first-order chi connectivity index (χ1) is 6.01. The molecule has 1 N–H and O–H groups in total.